The number of aliphatic imine (C=N–C) groups is 1. The van der Waals surface area contributed by atoms with E-state index in [1.54, 1.807) is 13.3 Å². The molecule has 29 heavy (non-hydrogen) atoms. The molecule has 0 atom stereocenters. The van der Waals surface area contributed by atoms with Gasteiger partial charge in [-0.1, -0.05) is 24.3 Å². The number of benzene rings is 1. The lowest BCUT2D eigenvalue weighted by Gasteiger charge is -2.18. The zero-order valence-corrected chi connectivity index (χ0v) is 20.1. The molecule has 7 nitrogen and oxygen atoms in total. The molecule has 2 rings (SSSR count). The maximum absolute atomic E-state index is 5.11. The Labute approximate surface area is 191 Å². The van der Waals surface area contributed by atoms with Gasteiger partial charge >= 0.3 is 0 Å². The Morgan fingerprint density at radius 2 is 1.97 bits per heavy atom. The largest absolute Gasteiger partial charge is 0.385 e. The van der Waals surface area contributed by atoms with Crippen LogP contribution in [0.1, 0.15) is 24.5 Å². The fourth-order valence-corrected chi connectivity index (χ4v) is 2.90. The molecule has 8 heteroatoms. The van der Waals surface area contributed by atoms with Crippen molar-refractivity contribution in [1.29, 1.82) is 0 Å². The summed E-state index contributed by atoms with van der Waals surface area (Å²) in [5.41, 5.74) is 2.45. The summed E-state index contributed by atoms with van der Waals surface area (Å²) in [6.07, 6.45) is 4.84. The van der Waals surface area contributed by atoms with Gasteiger partial charge < -0.3 is 20.3 Å². The number of ether oxygens (including phenoxy) is 1. The predicted octanol–water partition coefficient (Wildman–Crippen LogP) is 2.57. The van der Waals surface area contributed by atoms with Crippen molar-refractivity contribution in [2.45, 2.75) is 26.4 Å². The molecule has 0 fully saturated rings. The van der Waals surface area contributed by atoms with E-state index < -0.39 is 0 Å². The number of rotatable bonds is 12. The average Bonchev–Trinajstić information content (AvgIpc) is 3.20. The van der Waals surface area contributed by atoms with E-state index in [2.05, 4.69) is 58.9 Å². The summed E-state index contributed by atoms with van der Waals surface area (Å²) in [4.78, 5) is 7.07. The van der Waals surface area contributed by atoms with Crippen molar-refractivity contribution in [1.82, 2.24) is 25.3 Å². The van der Waals surface area contributed by atoms with E-state index in [9.17, 15) is 0 Å². The molecular formula is C21H35IN6O. The third-order valence-corrected chi connectivity index (χ3v) is 4.44. The number of hydrogen-bond acceptors (Lipinski definition) is 4. The molecule has 0 saturated heterocycles. The lowest BCUT2D eigenvalue weighted by molar-refractivity contribution is 0.180. The summed E-state index contributed by atoms with van der Waals surface area (Å²) in [7, 11) is 3.88. The zero-order valence-electron chi connectivity index (χ0n) is 17.8. The quantitative estimate of drug-likeness (QED) is 0.197. The highest BCUT2D eigenvalue weighted by Crippen LogP contribution is 2.11. The van der Waals surface area contributed by atoms with Crippen LogP contribution in [0.4, 0.5) is 0 Å². The number of methoxy groups -OCH3 is 1. The summed E-state index contributed by atoms with van der Waals surface area (Å²) in [5.74, 6) is 0.849. The molecule has 0 spiro atoms. The number of guanidine groups is 1. The highest BCUT2D eigenvalue weighted by atomic mass is 127. The fourth-order valence-electron chi connectivity index (χ4n) is 2.90. The van der Waals surface area contributed by atoms with E-state index in [-0.39, 0.29) is 24.0 Å². The standard InChI is InChI=1S/C21H34N6O.HI/c1-4-22-21(23-12-15-26(2)13-8-16-28-3)24-17-19-9-5-6-10-20(19)18-27-14-7-11-25-27;/h5-7,9-11,14H,4,8,12-13,15-18H2,1-3H3,(H2,22,23,24);1H. The molecule has 2 aromatic rings. The third-order valence-electron chi connectivity index (χ3n) is 4.44. The molecule has 0 amide bonds. The molecule has 0 saturated carbocycles. The van der Waals surface area contributed by atoms with Crippen LogP contribution < -0.4 is 10.6 Å². The van der Waals surface area contributed by atoms with Crippen LogP contribution in [0.25, 0.3) is 0 Å². The van der Waals surface area contributed by atoms with Crippen LogP contribution in [0, 0.1) is 0 Å². The van der Waals surface area contributed by atoms with E-state index in [1.165, 1.54) is 11.1 Å². The third kappa shape index (κ3) is 10.1. The maximum Gasteiger partial charge on any atom is 0.191 e. The number of nitrogens with zero attached hydrogens (tertiary/aromatic N) is 4. The van der Waals surface area contributed by atoms with Gasteiger partial charge in [0.2, 0.25) is 0 Å². The highest BCUT2D eigenvalue weighted by molar-refractivity contribution is 14.0. The summed E-state index contributed by atoms with van der Waals surface area (Å²) in [5, 5.41) is 11.1. The normalized spacial score (nSPS) is 11.4. The summed E-state index contributed by atoms with van der Waals surface area (Å²) < 4.78 is 7.04. The first-order valence-electron chi connectivity index (χ1n) is 9.96. The van der Waals surface area contributed by atoms with Gasteiger partial charge in [-0.25, -0.2) is 4.99 Å². The summed E-state index contributed by atoms with van der Waals surface area (Å²) in [6, 6.07) is 10.3. The lowest BCUT2D eigenvalue weighted by Crippen LogP contribution is -2.41. The fraction of sp³-hybridized carbons (Fsp3) is 0.524. The van der Waals surface area contributed by atoms with Crippen LogP contribution in [0.2, 0.25) is 0 Å². The van der Waals surface area contributed by atoms with Crippen molar-refractivity contribution >= 4 is 29.9 Å². The van der Waals surface area contributed by atoms with Crippen molar-refractivity contribution in [3.05, 3.63) is 53.9 Å². The maximum atomic E-state index is 5.11. The Morgan fingerprint density at radius 3 is 2.66 bits per heavy atom. The van der Waals surface area contributed by atoms with E-state index in [0.29, 0.717) is 6.54 Å². The van der Waals surface area contributed by atoms with Crippen molar-refractivity contribution in [2.75, 3.05) is 46.9 Å². The lowest BCUT2D eigenvalue weighted by atomic mass is 10.1. The number of likely N-dealkylation sites (N-methyl/N-ethyl adjacent to an activating group) is 1. The van der Waals surface area contributed by atoms with Crippen LogP contribution >= 0.6 is 24.0 Å². The molecule has 0 aliphatic heterocycles. The first kappa shape index (κ1) is 25.4. The van der Waals surface area contributed by atoms with Crippen LogP contribution in [0.15, 0.2) is 47.7 Å². The van der Waals surface area contributed by atoms with Crippen LogP contribution in [-0.4, -0.2) is 67.6 Å². The second-order valence-electron chi connectivity index (χ2n) is 6.74. The van der Waals surface area contributed by atoms with E-state index >= 15 is 0 Å². The Balaban J connectivity index is 0.00000420. The Kier molecular flexibility index (Phi) is 13.3. The van der Waals surface area contributed by atoms with Crippen LogP contribution in [-0.2, 0) is 17.8 Å². The molecule has 1 aromatic carbocycles. The first-order chi connectivity index (χ1) is 13.7. The van der Waals surface area contributed by atoms with Gasteiger partial charge in [0.15, 0.2) is 5.96 Å². The molecule has 0 aliphatic rings. The Morgan fingerprint density at radius 1 is 1.17 bits per heavy atom. The number of nitrogens with one attached hydrogen (secondary N) is 2. The monoisotopic (exact) mass is 514 g/mol. The van der Waals surface area contributed by atoms with Gasteiger partial charge in [-0.05, 0) is 37.6 Å². The Bertz CT molecular complexity index is 692. The number of halogens is 1. The summed E-state index contributed by atoms with van der Waals surface area (Å²) >= 11 is 0. The SMILES string of the molecule is CCNC(=NCc1ccccc1Cn1cccn1)NCCN(C)CCCOC.I. The average molecular weight is 514 g/mol. The van der Waals surface area contributed by atoms with Gasteiger partial charge in [0.25, 0.3) is 0 Å². The molecule has 0 unspecified atom stereocenters. The van der Waals surface area contributed by atoms with Crippen LogP contribution in [0.5, 0.6) is 0 Å². The van der Waals surface area contributed by atoms with Crippen molar-refractivity contribution in [2.24, 2.45) is 4.99 Å². The second-order valence-corrected chi connectivity index (χ2v) is 6.74. The van der Waals surface area contributed by atoms with Crippen molar-refractivity contribution in [3.63, 3.8) is 0 Å². The molecule has 2 N–H and O–H groups in total. The minimum absolute atomic E-state index is 0. The highest BCUT2D eigenvalue weighted by Gasteiger charge is 2.04. The first-order valence-corrected chi connectivity index (χ1v) is 9.96. The minimum atomic E-state index is 0. The van der Waals surface area contributed by atoms with Crippen LogP contribution in [0.3, 0.4) is 0 Å². The zero-order chi connectivity index (χ0) is 20.0. The van der Waals surface area contributed by atoms with Gasteiger partial charge in [0, 0.05) is 52.3 Å². The molecule has 1 aromatic heterocycles. The number of aromatic nitrogens is 2. The van der Waals surface area contributed by atoms with E-state index in [0.717, 1.165) is 51.7 Å². The van der Waals surface area contributed by atoms with Gasteiger partial charge in [-0.2, -0.15) is 5.10 Å². The smallest absolute Gasteiger partial charge is 0.191 e. The molecule has 162 valence electrons. The van der Waals surface area contributed by atoms with Gasteiger partial charge in [-0.3, -0.25) is 4.68 Å². The van der Waals surface area contributed by atoms with E-state index in [1.807, 2.05) is 16.9 Å². The second kappa shape index (κ2) is 15.2. The molecule has 0 aliphatic carbocycles. The molecule has 0 bridgehead atoms. The molecule has 1 heterocycles. The van der Waals surface area contributed by atoms with Crippen molar-refractivity contribution in [3.8, 4) is 0 Å². The van der Waals surface area contributed by atoms with Crippen molar-refractivity contribution < 1.29 is 4.74 Å². The Hall–Kier alpha value is -1.65. The topological polar surface area (TPSA) is 66.7 Å². The predicted molar refractivity (Wildman–Crippen MR) is 130 cm³/mol. The molecular weight excluding hydrogens is 479 g/mol. The van der Waals surface area contributed by atoms with Gasteiger partial charge in [0.05, 0.1) is 13.1 Å². The number of hydrogen-bond donors (Lipinski definition) is 2. The minimum Gasteiger partial charge on any atom is -0.385 e. The molecule has 0 radical (unpaired) electrons. The van der Waals surface area contributed by atoms with Gasteiger partial charge in [-0.15, -0.1) is 24.0 Å². The van der Waals surface area contributed by atoms with Gasteiger partial charge in [0.1, 0.15) is 0 Å². The van der Waals surface area contributed by atoms with E-state index in [4.69, 9.17) is 9.73 Å². The summed E-state index contributed by atoms with van der Waals surface area (Å²) in [6.45, 7) is 7.97.